The predicted molar refractivity (Wildman–Crippen MR) is 64.4 cm³/mol. The summed E-state index contributed by atoms with van der Waals surface area (Å²) in [4.78, 5) is 11.8. The fourth-order valence-corrected chi connectivity index (χ4v) is 3.06. The van der Waals surface area contributed by atoms with Crippen LogP contribution in [0.1, 0.15) is 51.4 Å². The van der Waals surface area contributed by atoms with E-state index in [-0.39, 0.29) is 11.9 Å². The third-order valence-electron chi connectivity index (χ3n) is 4.12. The van der Waals surface area contributed by atoms with Crippen LogP contribution in [0.4, 0.5) is 0 Å². The second-order valence-electron chi connectivity index (χ2n) is 5.52. The molecule has 1 amide bonds. The van der Waals surface area contributed by atoms with E-state index in [2.05, 4.69) is 5.32 Å². The van der Waals surface area contributed by atoms with Crippen molar-refractivity contribution in [2.45, 2.75) is 69.6 Å². The molecule has 0 aromatic rings. The first-order valence-corrected chi connectivity index (χ1v) is 6.82. The molecule has 0 unspecified atom stereocenters. The zero-order chi connectivity index (χ0) is 12.3. The maximum Gasteiger partial charge on any atom is 0.220 e. The average Bonchev–Trinajstić information content (AvgIpc) is 2.77. The topological polar surface area (TPSA) is 69.6 Å². The molecule has 0 aromatic carbocycles. The van der Waals surface area contributed by atoms with Gasteiger partial charge in [0.15, 0.2) is 0 Å². The van der Waals surface area contributed by atoms with Gasteiger partial charge in [-0.3, -0.25) is 4.79 Å². The summed E-state index contributed by atoms with van der Waals surface area (Å²) in [5, 5.41) is 22.2. The van der Waals surface area contributed by atoms with Crippen LogP contribution in [-0.4, -0.2) is 34.4 Å². The van der Waals surface area contributed by atoms with Gasteiger partial charge in [0.2, 0.25) is 5.91 Å². The fourth-order valence-electron chi connectivity index (χ4n) is 3.06. The van der Waals surface area contributed by atoms with Crippen molar-refractivity contribution < 1.29 is 15.0 Å². The highest BCUT2D eigenvalue weighted by molar-refractivity contribution is 5.76. The molecule has 0 bridgehead atoms. The highest BCUT2D eigenvalue weighted by Gasteiger charge is 2.31. The summed E-state index contributed by atoms with van der Waals surface area (Å²) in [7, 11) is 0. The molecule has 2 rings (SSSR count). The number of carbonyl (C=O) groups is 1. The summed E-state index contributed by atoms with van der Waals surface area (Å²) in [6.45, 7) is 0. The van der Waals surface area contributed by atoms with Crippen LogP contribution in [0, 0.1) is 5.92 Å². The van der Waals surface area contributed by atoms with Gasteiger partial charge in [0.05, 0.1) is 18.2 Å². The van der Waals surface area contributed by atoms with Gasteiger partial charge in [0.1, 0.15) is 0 Å². The van der Waals surface area contributed by atoms with Crippen molar-refractivity contribution in [3.8, 4) is 0 Å². The minimum Gasteiger partial charge on any atom is -0.390 e. The minimum atomic E-state index is -0.795. The van der Waals surface area contributed by atoms with Crippen molar-refractivity contribution in [2.24, 2.45) is 5.92 Å². The number of hydrogen-bond acceptors (Lipinski definition) is 3. The Morgan fingerprint density at radius 3 is 2.47 bits per heavy atom. The van der Waals surface area contributed by atoms with Crippen LogP contribution in [0.2, 0.25) is 0 Å². The van der Waals surface area contributed by atoms with E-state index >= 15 is 0 Å². The van der Waals surface area contributed by atoms with Gasteiger partial charge in [-0.25, -0.2) is 0 Å². The summed E-state index contributed by atoms with van der Waals surface area (Å²) in [6.07, 6.45) is 6.17. The summed E-state index contributed by atoms with van der Waals surface area (Å²) >= 11 is 0. The van der Waals surface area contributed by atoms with Crippen LogP contribution in [0.25, 0.3) is 0 Å². The molecule has 0 aliphatic heterocycles. The molecule has 98 valence electrons. The van der Waals surface area contributed by atoms with Gasteiger partial charge in [-0.15, -0.1) is 0 Å². The van der Waals surface area contributed by atoms with Crippen LogP contribution >= 0.6 is 0 Å². The van der Waals surface area contributed by atoms with Crippen molar-refractivity contribution in [1.29, 1.82) is 0 Å². The minimum absolute atomic E-state index is 0.0371. The number of hydrogen-bond donors (Lipinski definition) is 3. The SMILES string of the molecule is O=C(CC1CCCC1)N[C@@H]1CCC[C@@H](O)[C@@H]1O. The first-order chi connectivity index (χ1) is 8.16. The third-order valence-corrected chi connectivity index (χ3v) is 4.12. The van der Waals surface area contributed by atoms with Gasteiger partial charge >= 0.3 is 0 Å². The zero-order valence-electron chi connectivity index (χ0n) is 10.3. The van der Waals surface area contributed by atoms with Crippen molar-refractivity contribution in [1.82, 2.24) is 5.32 Å². The Hall–Kier alpha value is -0.610. The van der Waals surface area contributed by atoms with Crippen molar-refractivity contribution >= 4 is 5.91 Å². The van der Waals surface area contributed by atoms with E-state index in [1.807, 2.05) is 0 Å². The van der Waals surface area contributed by atoms with Crippen LogP contribution in [0.15, 0.2) is 0 Å². The molecule has 0 radical (unpaired) electrons. The molecule has 0 heterocycles. The van der Waals surface area contributed by atoms with Gasteiger partial charge in [0, 0.05) is 6.42 Å². The highest BCUT2D eigenvalue weighted by Crippen LogP contribution is 2.27. The molecule has 0 aromatic heterocycles. The number of rotatable bonds is 3. The molecule has 4 nitrogen and oxygen atoms in total. The molecule has 3 atom stereocenters. The monoisotopic (exact) mass is 241 g/mol. The van der Waals surface area contributed by atoms with E-state index in [0.29, 0.717) is 18.8 Å². The van der Waals surface area contributed by atoms with E-state index in [0.717, 1.165) is 25.7 Å². The normalized spacial score (nSPS) is 34.8. The standard InChI is InChI=1S/C13H23NO3/c15-11-7-3-6-10(13(11)17)14-12(16)8-9-4-1-2-5-9/h9-11,13,15,17H,1-8H2,(H,14,16)/t10-,11-,13-/m1/s1. The Morgan fingerprint density at radius 2 is 1.76 bits per heavy atom. The average molecular weight is 241 g/mol. The second-order valence-corrected chi connectivity index (χ2v) is 5.52. The van der Waals surface area contributed by atoms with E-state index < -0.39 is 12.2 Å². The van der Waals surface area contributed by atoms with E-state index in [1.165, 1.54) is 12.8 Å². The molecular formula is C13H23NO3. The molecule has 3 N–H and O–H groups in total. The van der Waals surface area contributed by atoms with Gasteiger partial charge in [0.25, 0.3) is 0 Å². The lowest BCUT2D eigenvalue weighted by Gasteiger charge is -2.32. The Balaban J connectivity index is 1.76. The van der Waals surface area contributed by atoms with Crippen LogP contribution in [-0.2, 0) is 4.79 Å². The first kappa shape index (κ1) is 12.8. The summed E-state index contributed by atoms with van der Waals surface area (Å²) < 4.78 is 0. The van der Waals surface area contributed by atoms with E-state index in [4.69, 9.17) is 0 Å². The maximum atomic E-state index is 11.8. The maximum absolute atomic E-state index is 11.8. The number of amides is 1. The van der Waals surface area contributed by atoms with Crippen LogP contribution < -0.4 is 5.32 Å². The number of nitrogens with one attached hydrogen (secondary N) is 1. The molecule has 2 aliphatic rings. The largest absolute Gasteiger partial charge is 0.390 e. The molecule has 17 heavy (non-hydrogen) atoms. The van der Waals surface area contributed by atoms with Crippen LogP contribution in [0.3, 0.4) is 0 Å². The Morgan fingerprint density at radius 1 is 1.06 bits per heavy atom. The Kier molecular flexibility index (Phi) is 4.40. The summed E-state index contributed by atoms with van der Waals surface area (Å²) in [6, 6.07) is -0.257. The molecule has 2 saturated carbocycles. The lowest BCUT2D eigenvalue weighted by Crippen LogP contribution is -2.51. The van der Waals surface area contributed by atoms with Gasteiger partial charge in [-0.05, 0) is 38.0 Å². The lowest BCUT2D eigenvalue weighted by molar-refractivity contribution is -0.125. The predicted octanol–water partition coefficient (Wildman–Crippen LogP) is 0.957. The highest BCUT2D eigenvalue weighted by atomic mass is 16.3. The molecular weight excluding hydrogens is 218 g/mol. The Bertz CT molecular complexity index is 263. The fraction of sp³-hybridized carbons (Fsp3) is 0.923. The molecule has 2 aliphatic carbocycles. The van der Waals surface area contributed by atoms with Crippen molar-refractivity contribution in [3.05, 3.63) is 0 Å². The third kappa shape index (κ3) is 3.42. The van der Waals surface area contributed by atoms with E-state index in [9.17, 15) is 15.0 Å². The smallest absolute Gasteiger partial charge is 0.220 e. The van der Waals surface area contributed by atoms with Crippen LogP contribution in [0.5, 0.6) is 0 Å². The second kappa shape index (κ2) is 5.83. The molecule has 2 fully saturated rings. The summed E-state index contributed by atoms with van der Waals surface area (Å²) in [5.74, 6) is 0.565. The quantitative estimate of drug-likeness (QED) is 0.689. The number of aliphatic hydroxyl groups excluding tert-OH is 2. The van der Waals surface area contributed by atoms with Gasteiger partial charge in [-0.2, -0.15) is 0 Å². The van der Waals surface area contributed by atoms with Crippen molar-refractivity contribution in [2.75, 3.05) is 0 Å². The summed E-state index contributed by atoms with van der Waals surface area (Å²) in [5.41, 5.74) is 0. The zero-order valence-corrected chi connectivity index (χ0v) is 10.3. The van der Waals surface area contributed by atoms with Gasteiger partial charge < -0.3 is 15.5 Å². The molecule has 4 heteroatoms. The van der Waals surface area contributed by atoms with Gasteiger partial charge in [-0.1, -0.05) is 12.8 Å². The Labute approximate surface area is 102 Å². The van der Waals surface area contributed by atoms with E-state index in [1.54, 1.807) is 0 Å². The number of aliphatic hydroxyl groups is 2. The number of carbonyl (C=O) groups excluding carboxylic acids is 1. The molecule has 0 spiro atoms. The van der Waals surface area contributed by atoms with Crippen molar-refractivity contribution in [3.63, 3.8) is 0 Å². The lowest BCUT2D eigenvalue weighted by atomic mass is 9.90. The first-order valence-electron chi connectivity index (χ1n) is 6.82. The molecule has 0 saturated heterocycles.